The van der Waals surface area contributed by atoms with Gasteiger partial charge in [0.05, 0.1) is 15.0 Å². The Kier molecular flexibility index (Phi) is 3.73. The first-order valence-corrected chi connectivity index (χ1v) is 9.19. The van der Waals surface area contributed by atoms with Gasteiger partial charge in [0.15, 0.2) is 0 Å². The minimum absolute atomic E-state index is 0.285. The van der Waals surface area contributed by atoms with Gasteiger partial charge in [-0.15, -0.1) is 11.3 Å². The van der Waals surface area contributed by atoms with Crippen LogP contribution in [0.25, 0.3) is 10.9 Å². The molecular formula is C14H11BrN2O2S2. The van der Waals surface area contributed by atoms with E-state index in [-0.39, 0.29) is 4.90 Å². The third kappa shape index (κ3) is 2.81. The second-order valence-electron chi connectivity index (χ2n) is 4.46. The molecule has 4 nitrogen and oxygen atoms in total. The van der Waals surface area contributed by atoms with Crippen LogP contribution in [0.5, 0.6) is 0 Å². The van der Waals surface area contributed by atoms with Gasteiger partial charge in [-0.25, -0.2) is 8.42 Å². The molecule has 0 unspecified atom stereocenters. The van der Waals surface area contributed by atoms with Crippen LogP contribution in [0.1, 0.15) is 4.88 Å². The summed E-state index contributed by atoms with van der Waals surface area (Å²) in [6.07, 6.45) is 1.65. The number of para-hydroxylation sites is 1. The van der Waals surface area contributed by atoms with Crippen LogP contribution in [-0.4, -0.2) is 13.4 Å². The summed E-state index contributed by atoms with van der Waals surface area (Å²) >= 11 is 4.71. The number of pyridine rings is 1. The molecule has 0 saturated heterocycles. The number of nitrogens with one attached hydrogen (secondary N) is 1. The van der Waals surface area contributed by atoms with Crippen molar-refractivity contribution in [3.05, 3.63) is 51.3 Å². The van der Waals surface area contributed by atoms with E-state index in [1.54, 1.807) is 31.3 Å². The first-order chi connectivity index (χ1) is 9.97. The zero-order chi connectivity index (χ0) is 15.0. The van der Waals surface area contributed by atoms with Crippen molar-refractivity contribution in [2.45, 2.75) is 11.8 Å². The molecule has 0 amide bonds. The van der Waals surface area contributed by atoms with Gasteiger partial charge >= 0.3 is 0 Å². The number of hydrogen-bond acceptors (Lipinski definition) is 4. The number of thiophene rings is 1. The Hall–Kier alpha value is -1.44. The summed E-state index contributed by atoms with van der Waals surface area (Å²) in [6.45, 7) is 1.78. The average Bonchev–Trinajstić information content (AvgIpc) is 2.79. The fourth-order valence-corrected chi connectivity index (χ4v) is 5.57. The van der Waals surface area contributed by atoms with Gasteiger partial charge in [0.2, 0.25) is 0 Å². The standard InChI is InChI=1S/C14H11BrN2O2S2/c1-9-12(8-13(15)20-9)21(18,19)17-11-6-2-4-10-5-3-7-16-14(10)11/h2-8,17H,1H3. The first kappa shape index (κ1) is 14.5. The number of halogens is 1. The maximum atomic E-state index is 12.5. The second-order valence-corrected chi connectivity index (χ2v) is 8.74. The molecule has 0 atom stereocenters. The van der Waals surface area contributed by atoms with Crippen LogP contribution in [0.2, 0.25) is 0 Å². The van der Waals surface area contributed by atoms with Crippen molar-refractivity contribution in [2.75, 3.05) is 4.72 Å². The largest absolute Gasteiger partial charge is 0.277 e. The van der Waals surface area contributed by atoms with Crippen molar-refractivity contribution in [1.82, 2.24) is 4.98 Å². The molecule has 0 bridgehead atoms. The number of aryl methyl sites for hydroxylation is 1. The van der Waals surface area contributed by atoms with E-state index in [1.165, 1.54) is 11.3 Å². The normalized spacial score (nSPS) is 11.7. The molecule has 2 aromatic heterocycles. The Labute approximate surface area is 135 Å². The summed E-state index contributed by atoms with van der Waals surface area (Å²) < 4.78 is 28.5. The van der Waals surface area contributed by atoms with E-state index in [0.29, 0.717) is 11.2 Å². The van der Waals surface area contributed by atoms with Crippen molar-refractivity contribution in [3.63, 3.8) is 0 Å². The minimum Gasteiger partial charge on any atom is -0.277 e. The van der Waals surface area contributed by atoms with Crippen molar-refractivity contribution in [2.24, 2.45) is 0 Å². The molecule has 0 aliphatic carbocycles. The minimum atomic E-state index is -3.62. The molecule has 0 fully saturated rings. The molecule has 3 aromatic rings. The number of anilines is 1. The molecule has 3 rings (SSSR count). The smallest absolute Gasteiger partial charge is 0.263 e. The van der Waals surface area contributed by atoms with Crippen molar-refractivity contribution < 1.29 is 8.42 Å². The van der Waals surface area contributed by atoms with E-state index < -0.39 is 10.0 Å². The summed E-state index contributed by atoms with van der Waals surface area (Å²) in [5, 5.41) is 0.890. The highest BCUT2D eigenvalue weighted by Gasteiger charge is 2.20. The van der Waals surface area contributed by atoms with E-state index in [1.807, 2.05) is 18.2 Å². The quantitative estimate of drug-likeness (QED) is 0.739. The van der Waals surface area contributed by atoms with Crippen molar-refractivity contribution >= 4 is 53.9 Å². The third-order valence-electron chi connectivity index (χ3n) is 3.01. The molecular weight excluding hydrogens is 372 g/mol. The lowest BCUT2D eigenvalue weighted by Gasteiger charge is -2.09. The highest BCUT2D eigenvalue weighted by Crippen LogP contribution is 2.31. The number of benzene rings is 1. The number of rotatable bonds is 3. The topological polar surface area (TPSA) is 59.1 Å². The Balaban J connectivity index is 2.08. The molecule has 0 aliphatic rings. The van der Waals surface area contributed by atoms with Crippen LogP contribution in [0.3, 0.4) is 0 Å². The molecule has 108 valence electrons. The summed E-state index contributed by atoms with van der Waals surface area (Å²) in [4.78, 5) is 5.28. The van der Waals surface area contributed by atoms with Gasteiger partial charge in [-0.2, -0.15) is 0 Å². The number of aromatic nitrogens is 1. The Morgan fingerprint density at radius 2 is 2.00 bits per heavy atom. The lowest BCUT2D eigenvalue weighted by molar-refractivity contribution is 0.601. The van der Waals surface area contributed by atoms with E-state index in [4.69, 9.17) is 0 Å². The molecule has 7 heteroatoms. The van der Waals surface area contributed by atoms with Crippen molar-refractivity contribution in [3.8, 4) is 0 Å². The van der Waals surface area contributed by atoms with E-state index in [0.717, 1.165) is 14.0 Å². The lowest BCUT2D eigenvalue weighted by Crippen LogP contribution is -2.13. The zero-order valence-electron chi connectivity index (χ0n) is 11.0. The molecule has 0 radical (unpaired) electrons. The summed E-state index contributed by atoms with van der Waals surface area (Å²) in [7, 11) is -3.62. The van der Waals surface area contributed by atoms with Gasteiger partial charge in [0.25, 0.3) is 10.0 Å². The first-order valence-electron chi connectivity index (χ1n) is 6.10. The van der Waals surface area contributed by atoms with E-state index in [2.05, 4.69) is 25.6 Å². The average molecular weight is 383 g/mol. The van der Waals surface area contributed by atoms with Gasteiger partial charge in [0, 0.05) is 16.5 Å². The van der Waals surface area contributed by atoms with Crippen LogP contribution in [-0.2, 0) is 10.0 Å². The Morgan fingerprint density at radius 3 is 2.71 bits per heavy atom. The Morgan fingerprint density at radius 1 is 1.24 bits per heavy atom. The van der Waals surface area contributed by atoms with Gasteiger partial charge in [-0.05, 0) is 41.1 Å². The van der Waals surface area contributed by atoms with Crippen LogP contribution in [0.4, 0.5) is 5.69 Å². The number of sulfonamides is 1. The number of nitrogens with zero attached hydrogens (tertiary/aromatic N) is 1. The van der Waals surface area contributed by atoms with E-state index in [9.17, 15) is 8.42 Å². The van der Waals surface area contributed by atoms with Crippen LogP contribution in [0.15, 0.2) is 51.3 Å². The van der Waals surface area contributed by atoms with Gasteiger partial charge < -0.3 is 0 Å². The van der Waals surface area contributed by atoms with Crippen LogP contribution in [0, 0.1) is 6.92 Å². The summed E-state index contributed by atoms with van der Waals surface area (Å²) in [6, 6.07) is 10.7. The zero-order valence-corrected chi connectivity index (χ0v) is 14.2. The predicted octanol–water partition coefficient (Wildman–Crippen LogP) is 4.17. The molecule has 0 spiro atoms. The summed E-state index contributed by atoms with van der Waals surface area (Å²) in [5.74, 6) is 0. The number of fused-ring (bicyclic) bond motifs is 1. The van der Waals surface area contributed by atoms with Crippen molar-refractivity contribution in [1.29, 1.82) is 0 Å². The predicted molar refractivity (Wildman–Crippen MR) is 89.3 cm³/mol. The van der Waals surface area contributed by atoms with Gasteiger partial charge in [0.1, 0.15) is 4.90 Å². The molecule has 2 heterocycles. The lowest BCUT2D eigenvalue weighted by atomic mass is 10.2. The maximum Gasteiger partial charge on any atom is 0.263 e. The third-order valence-corrected chi connectivity index (χ3v) is 6.18. The SMILES string of the molecule is Cc1sc(Br)cc1S(=O)(=O)Nc1cccc2cccnc12. The van der Waals surface area contributed by atoms with E-state index >= 15 is 0 Å². The monoisotopic (exact) mass is 382 g/mol. The molecule has 1 N–H and O–H groups in total. The van der Waals surface area contributed by atoms with Gasteiger partial charge in [-0.3, -0.25) is 9.71 Å². The van der Waals surface area contributed by atoms with Crippen LogP contribution < -0.4 is 4.72 Å². The fraction of sp³-hybridized carbons (Fsp3) is 0.0714. The molecule has 0 saturated carbocycles. The molecule has 21 heavy (non-hydrogen) atoms. The Bertz CT molecular complexity index is 914. The highest BCUT2D eigenvalue weighted by molar-refractivity contribution is 9.11. The highest BCUT2D eigenvalue weighted by atomic mass is 79.9. The fourth-order valence-electron chi connectivity index (χ4n) is 2.08. The molecule has 1 aromatic carbocycles. The molecule has 0 aliphatic heterocycles. The van der Waals surface area contributed by atoms with Crippen LogP contribution >= 0.6 is 27.3 Å². The second kappa shape index (κ2) is 5.40. The summed E-state index contributed by atoms with van der Waals surface area (Å²) in [5.41, 5.74) is 1.12. The number of hydrogen-bond donors (Lipinski definition) is 1. The van der Waals surface area contributed by atoms with Gasteiger partial charge in [-0.1, -0.05) is 18.2 Å². The maximum absolute atomic E-state index is 12.5.